The predicted molar refractivity (Wildman–Crippen MR) is 88.0 cm³/mol. The maximum atomic E-state index is 12.1. The van der Waals surface area contributed by atoms with Crippen LogP contribution < -0.4 is 15.5 Å². The van der Waals surface area contributed by atoms with E-state index in [1.54, 1.807) is 4.90 Å². The number of urea groups is 1. The lowest BCUT2D eigenvalue weighted by Crippen LogP contribution is -2.43. The van der Waals surface area contributed by atoms with Crippen molar-refractivity contribution in [2.24, 2.45) is 0 Å². The standard InChI is InChI=1S/C17H25N3O2/c1-3-4-5-10-18-17(22)19-14-11-16(21)20(12-14)15-8-6-13(2)7-9-15/h6-9,14H,3-5,10-12H2,1-2H3,(H2,18,19,22)/t14-/m0/s1. The molecule has 1 aliphatic heterocycles. The van der Waals surface area contributed by atoms with E-state index in [9.17, 15) is 9.59 Å². The molecule has 22 heavy (non-hydrogen) atoms. The second kappa shape index (κ2) is 7.82. The molecule has 1 atom stereocenters. The van der Waals surface area contributed by atoms with Gasteiger partial charge in [0.2, 0.25) is 5.91 Å². The Kier molecular flexibility index (Phi) is 5.81. The summed E-state index contributed by atoms with van der Waals surface area (Å²) in [5, 5.41) is 5.73. The summed E-state index contributed by atoms with van der Waals surface area (Å²) in [7, 11) is 0. The lowest BCUT2D eigenvalue weighted by molar-refractivity contribution is -0.117. The first-order valence-corrected chi connectivity index (χ1v) is 8.01. The van der Waals surface area contributed by atoms with E-state index in [0.29, 0.717) is 19.5 Å². The van der Waals surface area contributed by atoms with Crippen molar-refractivity contribution in [3.05, 3.63) is 29.8 Å². The number of anilines is 1. The summed E-state index contributed by atoms with van der Waals surface area (Å²) < 4.78 is 0. The zero-order valence-electron chi connectivity index (χ0n) is 13.4. The Labute approximate surface area is 132 Å². The van der Waals surface area contributed by atoms with Crippen LogP contribution in [0.5, 0.6) is 0 Å². The van der Waals surface area contributed by atoms with E-state index in [2.05, 4.69) is 17.6 Å². The van der Waals surface area contributed by atoms with Gasteiger partial charge in [-0.1, -0.05) is 37.5 Å². The molecule has 1 heterocycles. The van der Waals surface area contributed by atoms with Crippen LogP contribution in [0.3, 0.4) is 0 Å². The highest BCUT2D eigenvalue weighted by atomic mass is 16.2. The SMILES string of the molecule is CCCCCNC(=O)N[C@H]1CC(=O)N(c2ccc(C)cc2)C1. The highest BCUT2D eigenvalue weighted by Gasteiger charge is 2.31. The molecule has 0 spiro atoms. The van der Waals surface area contributed by atoms with Gasteiger partial charge in [-0.15, -0.1) is 0 Å². The number of nitrogens with zero attached hydrogens (tertiary/aromatic N) is 1. The fourth-order valence-corrected chi connectivity index (χ4v) is 2.59. The van der Waals surface area contributed by atoms with Gasteiger partial charge < -0.3 is 15.5 Å². The van der Waals surface area contributed by atoms with Gasteiger partial charge in [0.25, 0.3) is 0 Å². The van der Waals surface area contributed by atoms with Crippen LogP contribution in [0.4, 0.5) is 10.5 Å². The number of rotatable bonds is 6. The topological polar surface area (TPSA) is 61.4 Å². The predicted octanol–water partition coefficient (Wildman–Crippen LogP) is 2.59. The number of hydrogen-bond donors (Lipinski definition) is 2. The summed E-state index contributed by atoms with van der Waals surface area (Å²) in [6, 6.07) is 7.56. The van der Waals surface area contributed by atoms with Crippen molar-refractivity contribution < 1.29 is 9.59 Å². The molecule has 5 heteroatoms. The molecule has 0 aliphatic carbocycles. The molecule has 0 saturated carbocycles. The van der Waals surface area contributed by atoms with Gasteiger partial charge in [-0.05, 0) is 25.5 Å². The van der Waals surface area contributed by atoms with Crippen LogP contribution in [0.25, 0.3) is 0 Å². The fourth-order valence-electron chi connectivity index (χ4n) is 2.59. The summed E-state index contributed by atoms with van der Waals surface area (Å²) >= 11 is 0. The van der Waals surface area contributed by atoms with Crippen LogP contribution in [0.15, 0.2) is 24.3 Å². The number of benzene rings is 1. The molecule has 1 aromatic carbocycles. The minimum absolute atomic E-state index is 0.0557. The first-order valence-electron chi connectivity index (χ1n) is 8.01. The van der Waals surface area contributed by atoms with E-state index in [4.69, 9.17) is 0 Å². The van der Waals surface area contributed by atoms with Crippen molar-refractivity contribution >= 4 is 17.6 Å². The molecule has 0 unspecified atom stereocenters. The normalized spacial score (nSPS) is 17.6. The number of amides is 3. The summed E-state index contributed by atoms with van der Waals surface area (Å²) in [5.74, 6) is 0.0557. The lowest BCUT2D eigenvalue weighted by Gasteiger charge is -2.17. The maximum Gasteiger partial charge on any atom is 0.315 e. The molecular weight excluding hydrogens is 278 g/mol. The average Bonchev–Trinajstić information content (AvgIpc) is 2.85. The molecule has 120 valence electrons. The molecule has 1 saturated heterocycles. The Balaban J connectivity index is 1.82. The molecule has 2 N–H and O–H groups in total. The monoisotopic (exact) mass is 303 g/mol. The molecule has 0 aromatic heterocycles. The zero-order chi connectivity index (χ0) is 15.9. The second-order valence-electron chi connectivity index (χ2n) is 5.85. The van der Waals surface area contributed by atoms with Crippen molar-refractivity contribution in [3.8, 4) is 0 Å². The van der Waals surface area contributed by atoms with E-state index >= 15 is 0 Å². The number of unbranched alkanes of at least 4 members (excludes halogenated alkanes) is 2. The largest absolute Gasteiger partial charge is 0.338 e. The third-order valence-electron chi connectivity index (χ3n) is 3.87. The van der Waals surface area contributed by atoms with Gasteiger partial charge in [-0.3, -0.25) is 4.79 Å². The van der Waals surface area contributed by atoms with Gasteiger partial charge in [-0.25, -0.2) is 4.79 Å². The first kappa shape index (κ1) is 16.3. The lowest BCUT2D eigenvalue weighted by atomic mass is 10.2. The van der Waals surface area contributed by atoms with Crippen molar-refractivity contribution in [3.63, 3.8) is 0 Å². The second-order valence-corrected chi connectivity index (χ2v) is 5.85. The van der Waals surface area contributed by atoms with E-state index in [0.717, 1.165) is 30.5 Å². The molecule has 1 aliphatic rings. The molecule has 0 bridgehead atoms. The molecule has 3 amide bonds. The van der Waals surface area contributed by atoms with Crippen molar-refractivity contribution in [1.29, 1.82) is 0 Å². The highest BCUT2D eigenvalue weighted by molar-refractivity contribution is 5.96. The molecule has 1 fully saturated rings. The van der Waals surface area contributed by atoms with Crippen LogP contribution in [-0.2, 0) is 4.79 Å². The minimum Gasteiger partial charge on any atom is -0.338 e. The van der Waals surface area contributed by atoms with E-state index in [-0.39, 0.29) is 18.0 Å². The van der Waals surface area contributed by atoms with Crippen LogP contribution in [0.2, 0.25) is 0 Å². The Morgan fingerprint density at radius 1 is 1.27 bits per heavy atom. The van der Waals surface area contributed by atoms with Crippen molar-refractivity contribution in [1.82, 2.24) is 10.6 Å². The van der Waals surface area contributed by atoms with Gasteiger partial charge >= 0.3 is 6.03 Å². The number of hydrogen-bond acceptors (Lipinski definition) is 2. The summed E-state index contributed by atoms with van der Waals surface area (Å²) in [4.78, 5) is 25.6. The Hall–Kier alpha value is -2.04. The van der Waals surface area contributed by atoms with Gasteiger partial charge in [0.1, 0.15) is 0 Å². The van der Waals surface area contributed by atoms with Crippen molar-refractivity contribution in [2.45, 2.75) is 45.6 Å². The minimum atomic E-state index is -0.181. The van der Waals surface area contributed by atoms with Crippen LogP contribution in [0, 0.1) is 6.92 Å². The third-order valence-corrected chi connectivity index (χ3v) is 3.87. The highest BCUT2D eigenvalue weighted by Crippen LogP contribution is 2.21. The van der Waals surface area contributed by atoms with E-state index in [1.165, 1.54) is 0 Å². The molecule has 1 aromatic rings. The summed E-state index contributed by atoms with van der Waals surface area (Å²) in [6.45, 7) is 5.36. The molecule has 0 radical (unpaired) electrons. The van der Waals surface area contributed by atoms with Gasteiger partial charge in [0.15, 0.2) is 0 Å². The quantitative estimate of drug-likeness (QED) is 0.794. The van der Waals surface area contributed by atoms with Gasteiger partial charge in [-0.2, -0.15) is 0 Å². The van der Waals surface area contributed by atoms with E-state index < -0.39 is 0 Å². The Bertz CT molecular complexity index is 513. The van der Waals surface area contributed by atoms with Crippen LogP contribution in [-0.4, -0.2) is 31.1 Å². The third kappa shape index (κ3) is 4.48. The number of aryl methyl sites for hydroxylation is 1. The Morgan fingerprint density at radius 2 is 2.00 bits per heavy atom. The average molecular weight is 303 g/mol. The maximum absolute atomic E-state index is 12.1. The first-order chi connectivity index (χ1) is 10.6. The molecule has 2 rings (SSSR count). The van der Waals surface area contributed by atoms with Crippen LogP contribution >= 0.6 is 0 Å². The van der Waals surface area contributed by atoms with E-state index in [1.807, 2.05) is 31.2 Å². The number of carbonyl (C=O) groups is 2. The fraction of sp³-hybridized carbons (Fsp3) is 0.529. The smallest absolute Gasteiger partial charge is 0.315 e. The molecular formula is C17H25N3O2. The van der Waals surface area contributed by atoms with Crippen LogP contribution in [0.1, 0.15) is 38.2 Å². The molecule has 5 nitrogen and oxygen atoms in total. The summed E-state index contributed by atoms with van der Waals surface area (Å²) in [5.41, 5.74) is 2.06. The summed E-state index contributed by atoms with van der Waals surface area (Å²) in [6.07, 6.45) is 3.59. The Morgan fingerprint density at radius 3 is 2.68 bits per heavy atom. The number of carbonyl (C=O) groups excluding carboxylic acids is 2. The van der Waals surface area contributed by atoms with Gasteiger partial charge in [0, 0.05) is 25.2 Å². The van der Waals surface area contributed by atoms with Gasteiger partial charge in [0.05, 0.1) is 6.04 Å². The number of nitrogens with one attached hydrogen (secondary N) is 2. The zero-order valence-corrected chi connectivity index (χ0v) is 13.4. The van der Waals surface area contributed by atoms with Crippen molar-refractivity contribution in [2.75, 3.05) is 18.0 Å².